The van der Waals surface area contributed by atoms with Crippen LogP contribution >= 0.6 is 23.2 Å². The highest BCUT2D eigenvalue weighted by atomic mass is 35.5. The smallest absolute Gasteiger partial charge is 0.265 e. The van der Waals surface area contributed by atoms with Crippen molar-refractivity contribution < 1.29 is 14.3 Å². The highest BCUT2D eigenvalue weighted by Gasteiger charge is 2.17. The largest absolute Gasteiger partial charge is 0.479 e. The molecule has 0 saturated heterocycles. The van der Waals surface area contributed by atoms with E-state index in [1.54, 1.807) is 54.3 Å². The van der Waals surface area contributed by atoms with E-state index in [1.807, 2.05) is 13.8 Å². The van der Waals surface area contributed by atoms with Crippen molar-refractivity contribution in [2.75, 3.05) is 18.4 Å². The van der Waals surface area contributed by atoms with Gasteiger partial charge in [0.25, 0.3) is 11.8 Å². The molecule has 0 spiro atoms. The van der Waals surface area contributed by atoms with E-state index < -0.39 is 6.10 Å². The maximum atomic E-state index is 12.3. The fourth-order valence-electron chi connectivity index (χ4n) is 2.45. The van der Waals surface area contributed by atoms with Gasteiger partial charge in [-0.25, -0.2) is 0 Å². The number of ether oxygens (including phenoxy) is 1. The zero-order chi connectivity index (χ0) is 20.0. The minimum Gasteiger partial charge on any atom is -0.479 e. The van der Waals surface area contributed by atoms with Crippen LogP contribution in [0.2, 0.25) is 10.0 Å². The Balaban J connectivity index is 1.99. The molecule has 27 heavy (non-hydrogen) atoms. The fourth-order valence-corrected chi connectivity index (χ4v) is 2.90. The molecule has 2 aromatic carbocycles. The first-order chi connectivity index (χ1) is 12.8. The molecule has 1 N–H and O–H groups in total. The summed E-state index contributed by atoms with van der Waals surface area (Å²) < 4.78 is 5.59. The minimum absolute atomic E-state index is 0.0352. The lowest BCUT2D eigenvalue weighted by Gasteiger charge is -2.19. The summed E-state index contributed by atoms with van der Waals surface area (Å²) in [5, 5.41) is 3.58. The Bertz CT molecular complexity index is 805. The molecule has 0 saturated carbocycles. The Morgan fingerprint density at radius 2 is 1.70 bits per heavy atom. The van der Waals surface area contributed by atoms with E-state index in [9.17, 15) is 9.59 Å². The lowest BCUT2D eigenvalue weighted by Crippen LogP contribution is -2.31. The molecule has 2 rings (SSSR count). The van der Waals surface area contributed by atoms with Crippen LogP contribution in [0.5, 0.6) is 5.75 Å². The van der Waals surface area contributed by atoms with Gasteiger partial charge in [-0.1, -0.05) is 23.2 Å². The van der Waals surface area contributed by atoms with Crippen molar-refractivity contribution in [3.8, 4) is 5.75 Å². The zero-order valence-electron chi connectivity index (χ0n) is 15.5. The maximum absolute atomic E-state index is 12.3. The molecule has 7 heteroatoms. The molecular formula is C20H22Cl2N2O3. The Hall–Kier alpha value is -2.24. The Morgan fingerprint density at radius 1 is 1.07 bits per heavy atom. The number of amides is 2. The molecule has 0 aliphatic heterocycles. The van der Waals surface area contributed by atoms with Gasteiger partial charge < -0.3 is 15.0 Å². The lowest BCUT2D eigenvalue weighted by atomic mass is 10.1. The van der Waals surface area contributed by atoms with Crippen LogP contribution in [0, 0.1) is 0 Å². The van der Waals surface area contributed by atoms with Gasteiger partial charge >= 0.3 is 0 Å². The van der Waals surface area contributed by atoms with Gasteiger partial charge in [0.15, 0.2) is 6.10 Å². The van der Waals surface area contributed by atoms with Crippen LogP contribution in [0.15, 0.2) is 42.5 Å². The molecule has 1 unspecified atom stereocenters. The molecule has 2 amide bonds. The Morgan fingerprint density at radius 3 is 2.26 bits per heavy atom. The van der Waals surface area contributed by atoms with E-state index >= 15 is 0 Å². The minimum atomic E-state index is -0.763. The number of carbonyl (C=O) groups excluding carboxylic acids is 2. The Labute approximate surface area is 169 Å². The summed E-state index contributed by atoms with van der Waals surface area (Å²) in [6, 6.07) is 11.6. The molecule has 0 aliphatic carbocycles. The van der Waals surface area contributed by atoms with Gasteiger partial charge in [-0.3, -0.25) is 9.59 Å². The number of anilines is 1. The third kappa shape index (κ3) is 5.62. The van der Waals surface area contributed by atoms with Crippen molar-refractivity contribution in [3.63, 3.8) is 0 Å². The predicted octanol–water partition coefficient (Wildman–Crippen LogP) is 4.88. The molecule has 0 bridgehead atoms. The summed E-state index contributed by atoms with van der Waals surface area (Å²) in [7, 11) is 0. The first-order valence-electron chi connectivity index (χ1n) is 8.67. The van der Waals surface area contributed by atoms with Crippen LogP contribution in [0.4, 0.5) is 5.69 Å². The topological polar surface area (TPSA) is 58.6 Å². The lowest BCUT2D eigenvalue weighted by molar-refractivity contribution is -0.122. The number of hydrogen-bond donors (Lipinski definition) is 1. The van der Waals surface area contributed by atoms with Gasteiger partial charge in [0.05, 0.1) is 5.02 Å². The zero-order valence-corrected chi connectivity index (χ0v) is 17.0. The summed E-state index contributed by atoms with van der Waals surface area (Å²) in [6.45, 7) is 6.79. The average Bonchev–Trinajstić information content (AvgIpc) is 2.65. The molecular weight excluding hydrogens is 387 g/mol. The van der Waals surface area contributed by atoms with Crippen LogP contribution < -0.4 is 10.1 Å². The standard InChI is InChI=1S/C20H22Cl2N2O3/c1-4-24(5-2)20(26)14-6-9-16(10-7-14)23-19(25)13(3)27-18-11-8-15(21)12-17(18)22/h6-13H,4-5H2,1-3H3,(H,23,25). The van der Waals surface area contributed by atoms with Gasteiger partial charge in [0, 0.05) is 29.4 Å². The van der Waals surface area contributed by atoms with Gasteiger partial charge in [0.2, 0.25) is 0 Å². The molecule has 2 aromatic rings. The van der Waals surface area contributed by atoms with Crippen LogP contribution in [0.1, 0.15) is 31.1 Å². The number of nitrogens with one attached hydrogen (secondary N) is 1. The predicted molar refractivity (Wildman–Crippen MR) is 109 cm³/mol. The Kier molecular flexibility index (Phi) is 7.51. The van der Waals surface area contributed by atoms with E-state index in [0.717, 1.165) is 0 Å². The van der Waals surface area contributed by atoms with E-state index in [2.05, 4.69) is 5.32 Å². The summed E-state index contributed by atoms with van der Waals surface area (Å²) in [6.07, 6.45) is -0.763. The number of halogens is 2. The van der Waals surface area contributed by atoms with Crippen molar-refractivity contribution in [2.24, 2.45) is 0 Å². The normalized spacial score (nSPS) is 11.6. The number of rotatable bonds is 7. The second-order valence-corrected chi connectivity index (χ2v) is 6.72. The monoisotopic (exact) mass is 408 g/mol. The van der Waals surface area contributed by atoms with Crippen LogP contribution in [-0.4, -0.2) is 35.9 Å². The quantitative estimate of drug-likeness (QED) is 0.709. The van der Waals surface area contributed by atoms with Gasteiger partial charge in [-0.15, -0.1) is 0 Å². The van der Waals surface area contributed by atoms with Crippen molar-refractivity contribution in [1.82, 2.24) is 4.90 Å². The maximum Gasteiger partial charge on any atom is 0.265 e. The van der Waals surface area contributed by atoms with Crippen molar-refractivity contribution in [3.05, 3.63) is 58.1 Å². The molecule has 0 heterocycles. The van der Waals surface area contributed by atoms with Gasteiger partial charge in [-0.2, -0.15) is 0 Å². The summed E-state index contributed by atoms with van der Waals surface area (Å²) >= 11 is 11.9. The third-order valence-corrected chi connectivity index (χ3v) is 4.55. The summed E-state index contributed by atoms with van der Waals surface area (Å²) in [4.78, 5) is 26.4. The van der Waals surface area contributed by atoms with E-state index in [0.29, 0.717) is 40.1 Å². The molecule has 0 aromatic heterocycles. The van der Waals surface area contributed by atoms with Crippen LogP contribution in [0.25, 0.3) is 0 Å². The van der Waals surface area contributed by atoms with Gasteiger partial charge in [-0.05, 0) is 63.2 Å². The van der Waals surface area contributed by atoms with Crippen molar-refractivity contribution in [1.29, 1.82) is 0 Å². The number of benzene rings is 2. The van der Waals surface area contributed by atoms with Crippen molar-refractivity contribution in [2.45, 2.75) is 26.9 Å². The van der Waals surface area contributed by atoms with E-state index in [4.69, 9.17) is 27.9 Å². The first kappa shape index (κ1) is 21.1. The molecule has 0 fully saturated rings. The summed E-state index contributed by atoms with van der Waals surface area (Å²) in [5.41, 5.74) is 1.16. The second-order valence-electron chi connectivity index (χ2n) is 5.88. The van der Waals surface area contributed by atoms with Crippen LogP contribution in [-0.2, 0) is 4.79 Å². The molecule has 5 nitrogen and oxygen atoms in total. The average molecular weight is 409 g/mol. The number of nitrogens with zero attached hydrogens (tertiary/aromatic N) is 1. The summed E-state index contributed by atoms with van der Waals surface area (Å²) in [5.74, 6) is 0.0136. The van der Waals surface area contributed by atoms with Crippen molar-refractivity contribution >= 4 is 40.7 Å². The fraction of sp³-hybridized carbons (Fsp3) is 0.300. The molecule has 144 valence electrons. The van der Waals surface area contributed by atoms with Crippen LogP contribution in [0.3, 0.4) is 0 Å². The second kappa shape index (κ2) is 9.62. The molecule has 0 aliphatic rings. The third-order valence-electron chi connectivity index (χ3n) is 4.02. The van der Waals surface area contributed by atoms with E-state index in [1.165, 1.54) is 0 Å². The number of hydrogen-bond acceptors (Lipinski definition) is 3. The van der Waals surface area contributed by atoms with E-state index in [-0.39, 0.29) is 11.8 Å². The number of carbonyl (C=O) groups is 2. The van der Waals surface area contributed by atoms with Gasteiger partial charge in [0.1, 0.15) is 5.75 Å². The highest BCUT2D eigenvalue weighted by molar-refractivity contribution is 6.35. The SMILES string of the molecule is CCN(CC)C(=O)c1ccc(NC(=O)C(C)Oc2ccc(Cl)cc2Cl)cc1. The molecule has 1 atom stereocenters. The highest BCUT2D eigenvalue weighted by Crippen LogP contribution is 2.28. The first-order valence-corrected chi connectivity index (χ1v) is 9.43. The molecule has 0 radical (unpaired) electrons.